The smallest absolute Gasteiger partial charge is 0.0746 e. The SMILES string of the molecule is Cc1ccsc1C1(CO)COC1. The van der Waals surface area contributed by atoms with Crippen LogP contribution < -0.4 is 0 Å². The number of thiophene rings is 1. The van der Waals surface area contributed by atoms with Gasteiger partial charge in [-0.25, -0.2) is 0 Å². The van der Waals surface area contributed by atoms with Crippen LogP contribution in [-0.2, 0) is 10.2 Å². The van der Waals surface area contributed by atoms with Crippen molar-refractivity contribution in [1.82, 2.24) is 0 Å². The molecule has 0 atom stereocenters. The lowest BCUT2D eigenvalue weighted by atomic mass is 9.84. The highest BCUT2D eigenvalue weighted by atomic mass is 32.1. The van der Waals surface area contributed by atoms with E-state index in [0.29, 0.717) is 13.2 Å². The summed E-state index contributed by atoms with van der Waals surface area (Å²) in [5, 5.41) is 11.3. The highest BCUT2D eigenvalue weighted by Gasteiger charge is 2.41. The summed E-state index contributed by atoms with van der Waals surface area (Å²) < 4.78 is 5.15. The van der Waals surface area contributed by atoms with E-state index in [-0.39, 0.29) is 12.0 Å². The minimum absolute atomic E-state index is 0.0712. The highest BCUT2D eigenvalue weighted by molar-refractivity contribution is 7.10. The molecule has 1 saturated heterocycles. The van der Waals surface area contributed by atoms with Crippen molar-refractivity contribution in [1.29, 1.82) is 0 Å². The zero-order chi connectivity index (χ0) is 8.60. The molecule has 0 spiro atoms. The molecule has 3 heteroatoms. The van der Waals surface area contributed by atoms with Crippen molar-refractivity contribution in [2.45, 2.75) is 12.3 Å². The van der Waals surface area contributed by atoms with Crippen molar-refractivity contribution in [2.24, 2.45) is 0 Å². The summed E-state index contributed by atoms with van der Waals surface area (Å²) in [7, 11) is 0. The Labute approximate surface area is 75.8 Å². The van der Waals surface area contributed by atoms with Crippen molar-refractivity contribution in [3.8, 4) is 0 Å². The van der Waals surface area contributed by atoms with Gasteiger partial charge in [0.05, 0.1) is 25.2 Å². The zero-order valence-electron chi connectivity index (χ0n) is 7.04. The molecule has 0 bridgehead atoms. The molecule has 0 aliphatic carbocycles. The quantitative estimate of drug-likeness (QED) is 0.751. The zero-order valence-corrected chi connectivity index (χ0v) is 7.86. The highest BCUT2D eigenvalue weighted by Crippen LogP contribution is 2.37. The van der Waals surface area contributed by atoms with E-state index in [0.717, 1.165) is 0 Å². The number of rotatable bonds is 2. The van der Waals surface area contributed by atoms with E-state index in [9.17, 15) is 5.11 Å². The Morgan fingerprint density at radius 3 is 2.75 bits per heavy atom. The molecule has 0 radical (unpaired) electrons. The monoisotopic (exact) mass is 184 g/mol. The molecule has 1 N–H and O–H groups in total. The first kappa shape index (κ1) is 8.23. The van der Waals surface area contributed by atoms with E-state index < -0.39 is 0 Å². The number of hydrogen-bond donors (Lipinski definition) is 1. The lowest BCUT2D eigenvalue weighted by Crippen LogP contribution is -2.49. The molecule has 0 amide bonds. The van der Waals surface area contributed by atoms with Crippen LogP contribution in [0.5, 0.6) is 0 Å². The molecular formula is C9H12O2S. The van der Waals surface area contributed by atoms with Gasteiger partial charge in [-0.15, -0.1) is 11.3 Å². The fourth-order valence-electron chi connectivity index (χ4n) is 1.56. The maximum absolute atomic E-state index is 9.26. The topological polar surface area (TPSA) is 29.5 Å². The van der Waals surface area contributed by atoms with Gasteiger partial charge in [0.1, 0.15) is 0 Å². The van der Waals surface area contributed by atoms with Crippen molar-refractivity contribution < 1.29 is 9.84 Å². The molecule has 2 rings (SSSR count). The Balaban J connectivity index is 2.33. The predicted octanol–water partition coefficient (Wildman–Crippen LogP) is 1.32. The summed E-state index contributed by atoms with van der Waals surface area (Å²) in [5.74, 6) is 0. The molecule has 0 saturated carbocycles. The number of aryl methyl sites for hydroxylation is 1. The molecule has 1 aromatic rings. The molecule has 0 aromatic carbocycles. The van der Waals surface area contributed by atoms with Crippen LogP contribution in [-0.4, -0.2) is 24.9 Å². The van der Waals surface area contributed by atoms with Crippen LogP contribution in [0.2, 0.25) is 0 Å². The summed E-state index contributed by atoms with van der Waals surface area (Å²) in [6.45, 7) is 3.63. The molecule has 1 aliphatic rings. The first-order valence-electron chi connectivity index (χ1n) is 4.02. The van der Waals surface area contributed by atoms with Crippen molar-refractivity contribution in [3.63, 3.8) is 0 Å². The van der Waals surface area contributed by atoms with E-state index in [1.54, 1.807) is 11.3 Å². The van der Waals surface area contributed by atoms with Crippen LogP contribution in [0.25, 0.3) is 0 Å². The molecule has 2 heterocycles. The normalized spacial score (nSPS) is 20.5. The van der Waals surface area contributed by atoms with E-state index in [4.69, 9.17) is 4.74 Å². The maximum Gasteiger partial charge on any atom is 0.0746 e. The lowest BCUT2D eigenvalue weighted by molar-refractivity contribution is -0.0826. The Morgan fingerprint density at radius 2 is 2.42 bits per heavy atom. The van der Waals surface area contributed by atoms with Gasteiger partial charge in [0.2, 0.25) is 0 Å². The average molecular weight is 184 g/mol. The van der Waals surface area contributed by atoms with Gasteiger partial charge in [-0.3, -0.25) is 0 Å². The Kier molecular flexibility index (Phi) is 1.94. The van der Waals surface area contributed by atoms with Crippen LogP contribution in [0, 0.1) is 6.92 Å². The van der Waals surface area contributed by atoms with E-state index in [1.807, 2.05) is 0 Å². The Bertz CT molecular complexity index is 270. The van der Waals surface area contributed by atoms with Crippen molar-refractivity contribution >= 4 is 11.3 Å². The van der Waals surface area contributed by atoms with Crippen LogP contribution in [0.15, 0.2) is 11.4 Å². The van der Waals surface area contributed by atoms with Gasteiger partial charge in [0.15, 0.2) is 0 Å². The number of aliphatic hydroxyl groups is 1. The van der Waals surface area contributed by atoms with Gasteiger partial charge < -0.3 is 9.84 Å². The molecule has 1 aromatic heterocycles. The van der Waals surface area contributed by atoms with Gasteiger partial charge in [-0.05, 0) is 23.9 Å². The van der Waals surface area contributed by atoms with E-state index >= 15 is 0 Å². The third kappa shape index (κ3) is 1.01. The second-order valence-corrected chi connectivity index (χ2v) is 4.28. The van der Waals surface area contributed by atoms with Gasteiger partial charge in [-0.2, -0.15) is 0 Å². The third-order valence-corrected chi connectivity index (χ3v) is 3.67. The Hall–Kier alpha value is -0.380. The molecular weight excluding hydrogens is 172 g/mol. The average Bonchev–Trinajstić information content (AvgIpc) is 2.36. The van der Waals surface area contributed by atoms with Gasteiger partial charge in [-0.1, -0.05) is 0 Å². The van der Waals surface area contributed by atoms with Crippen LogP contribution >= 0.6 is 11.3 Å². The number of hydrogen-bond acceptors (Lipinski definition) is 3. The standard InChI is InChI=1S/C9H12O2S/c1-7-2-3-12-8(7)9(4-10)5-11-6-9/h2-3,10H,4-6H2,1H3. The minimum atomic E-state index is -0.0712. The fourth-order valence-corrected chi connectivity index (χ4v) is 2.65. The van der Waals surface area contributed by atoms with E-state index in [1.165, 1.54) is 10.4 Å². The van der Waals surface area contributed by atoms with Crippen LogP contribution in [0.3, 0.4) is 0 Å². The number of ether oxygens (including phenoxy) is 1. The minimum Gasteiger partial charge on any atom is -0.395 e. The van der Waals surface area contributed by atoms with Gasteiger partial charge >= 0.3 is 0 Å². The third-order valence-electron chi connectivity index (χ3n) is 2.40. The largest absolute Gasteiger partial charge is 0.395 e. The second-order valence-electron chi connectivity index (χ2n) is 3.36. The second kappa shape index (κ2) is 2.83. The summed E-state index contributed by atoms with van der Waals surface area (Å²) in [5.41, 5.74) is 1.20. The molecule has 66 valence electrons. The summed E-state index contributed by atoms with van der Waals surface area (Å²) >= 11 is 1.72. The van der Waals surface area contributed by atoms with Gasteiger partial charge in [0, 0.05) is 4.88 Å². The maximum atomic E-state index is 9.26. The van der Waals surface area contributed by atoms with Gasteiger partial charge in [0.25, 0.3) is 0 Å². The fraction of sp³-hybridized carbons (Fsp3) is 0.556. The molecule has 1 aliphatic heterocycles. The summed E-state index contributed by atoms with van der Waals surface area (Å²) in [4.78, 5) is 1.29. The van der Waals surface area contributed by atoms with Crippen LogP contribution in [0.4, 0.5) is 0 Å². The molecule has 2 nitrogen and oxygen atoms in total. The van der Waals surface area contributed by atoms with E-state index in [2.05, 4.69) is 18.4 Å². The molecule has 12 heavy (non-hydrogen) atoms. The first-order valence-corrected chi connectivity index (χ1v) is 4.90. The lowest BCUT2D eigenvalue weighted by Gasteiger charge is -2.39. The molecule has 1 fully saturated rings. The summed E-state index contributed by atoms with van der Waals surface area (Å²) in [6.07, 6.45) is 0. The first-order chi connectivity index (χ1) is 5.78. The summed E-state index contributed by atoms with van der Waals surface area (Å²) in [6, 6.07) is 2.09. The van der Waals surface area contributed by atoms with Crippen molar-refractivity contribution in [3.05, 3.63) is 21.9 Å². The van der Waals surface area contributed by atoms with Crippen LogP contribution in [0.1, 0.15) is 10.4 Å². The Morgan fingerprint density at radius 1 is 1.67 bits per heavy atom. The molecule has 0 unspecified atom stereocenters. The number of aliphatic hydroxyl groups excluding tert-OH is 1. The van der Waals surface area contributed by atoms with Crippen molar-refractivity contribution in [2.75, 3.05) is 19.8 Å². The predicted molar refractivity (Wildman–Crippen MR) is 48.6 cm³/mol.